The van der Waals surface area contributed by atoms with Crippen LogP contribution in [0.2, 0.25) is 0 Å². The fourth-order valence-electron chi connectivity index (χ4n) is 4.76. The van der Waals surface area contributed by atoms with Gasteiger partial charge in [-0.15, -0.1) is 0 Å². The molecule has 10 heteroatoms. The molecule has 0 unspecified atom stereocenters. The molecular formula is C29H33NO8S. The zero-order valence-corrected chi connectivity index (χ0v) is 23.3. The van der Waals surface area contributed by atoms with E-state index in [0.29, 0.717) is 12.3 Å². The number of hydrogen-bond acceptors (Lipinski definition) is 7. The maximum Gasteiger partial charge on any atom is 0.414 e. The minimum Gasteiger partial charge on any atom is -0.497 e. The first kappa shape index (κ1) is 28.5. The predicted octanol–water partition coefficient (Wildman–Crippen LogP) is 4.04. The van der Waals surface area contributed by atoms with Crippen LogP contribution in [0.25, 0.3) is 0 Å². The highest BCUT2D eigenvalue weighted by atomic mass is 32.2. The van der Waals surface area contributed by atoms with Gasteiger partial charge in [0.25, 0.3) is 0 Å². The molecule has 1 heterocycles. The van der Waals surface area contributed by atoms with E-state index >= 15 is 0 Å². The maximum absolute atomic E-state index is 12.4. The first-order valence-electron chi connectivity index (χ1n) is 12.6. The fraction of sp³-hybridized carbons (Fsp3) is 0.448. The van der Waals surface area contributed by atoms with Crippen molar-refractivity contribution in [3.63, 3.8) is 0 Å². The molecule has 4 rings (SSSR count). The lowest BCUT2D eigenvalue weighted by atomic mass is 9.72. The van der Waals surface area contributed by atoms with Crippen molar-refractivity contribution >= 4 is 27.6 Å². The molecule has 9 nitrogen and oxygen atoms in total. The van der Waals surface area contributed by atoms with Gasteiger partial charge in [-0.3, -0.25) is 9.69 Å². The number of carbonyl (C=O) groups excluding carboxylic acids is 1. The number of sulfone groups is 1. The fourth-order valence-corrected chi connectivity index (χ4v) is 5.57. The normalized spacial score (nSPS) is 24.1. The number of nitrogens with zero attached hydrogens (tertiary/aromatic N) is 1. The van der Waals surface area contributed by atoms with E-state index in [9.17, 15) is 23.1 Å². The van der Waals surface area contributed by atoms with Crippen molar-refractivity contribution in [2.24, 2.45) is 5.92 Å². The number of amides is 1. The van der Waals surface area contributed by atoms with Gasteiger partial charge < -0.3 is 19.3 Å². The quantitative estimate of drug-likeness (QED) is 0.461. The van der Waals surface area contributed by atoms with Gasteiger partial charge in [-0.25, -0.2) is 13.2 Å². The number of ether oxygens (including phenoxy) is 3. The molecule has 1 aliphatic heterocycles. The highest BCUT2D eigenvalue weighted by molar-refractivity contribution is 7.92. The predicted molar refractivity (Wildman–Crippen MR) is 145 cm³/mol. The lowest BCUT2D eigenvalue weighted by Gasteiger charge is -2.42. The number of methoxy groups -OCH3 is 1. The van der Waals surface area contributed by atoms with Crippen LogP contribution >= 0.6 is 0 Å². The van der Waals surface area contributed by atoms with Gasteiger partial charge in [-0.1, -0.05) is 24.0 Å². The second-order valence-corrected chi connectivity index (χ2v) is 13.1. The Morgan fingerprint density at radius 2 is 1.82 bits per heavy atom. The van der Waals surface area contributed by atoms with Gasteiger partial charge in [-0.2, -0.15) is 0 Å². The van der Waals surface area contributed by atoms with Crippen LogP contribution in [0.15, 0.2) is 48.5 Å². The molecule has 1 aliphatic carbocycles. The van der Waals surface area contributed by atoms with Crippen molar-refractivity contribution in [3.8, 4) is 17.6 Å². The molecule has 0 bridgehead atoms. The number of anilines is 1. The van der Waals surface area contributed by atoms with Crippen LogP contribution in [-0.2, 0) is 30.7 Å². The molecular weight excluding hydrogens is 522 g/mol. The highest BCUT2D eigenvalue weighted by Gasteiger charge is 2.48. The lowest BCUT2D eigenvalue weighted by molar-refractivity contribution is -0.140. The molecule has 2 aromatic rings. The van der Waals surface area contributed by atoms with Gasteiger partial charge >= 0.3 is 12.1 Å². The molecule has 1 amide bonds. The number of rotatable bonds is 9. The van der Waals surface area contributed by atoms with E-state index in [4.69, 9.17) is 14.2 Å². The standard InChI is InChI=1S/C29H33NO8S/c1-28(37-19-21-9-13-24(36-3)14-10-21)15-22(16-28)6-5-20-7-11-23(12-8-20)30-18-25(38-27(30)33)17-29(2,26(31)32)39(4,34)35/h7-14,22,25H,15-19H2,1-4H3,(H,31,32)/t22?,25-,28?,29+/m0/s1. The van der Waals surface area contributed by atoms with Crippen molar-refractivity contribution in [1.29, 1.82) is 0 Å². The number of cyclic esters (lactones) is 1. The van der Waals surface area contributed by atoms with E-state index in [1.807, 2.05) is 24.3 Å². The molecule has 0 radical (unpaired) electrons. The summed E-state index contributed by atoms with van der Waals surface area (Å²) in [4.78, 5) is 25.4. The van der Waals surface area contributed by atoms with Crippen LogP contribution in [0.1, 0.15) is 44.2 Å². The highest BCUT2D eigenvalue weighted by Crippen LogP contribution is 2.41. The Bertz CT molecular complexity index is 1390. The first-order valence-corrected chi connectivity index (χ1v) is 14.5. The first-order chi connectivity index (χ1) is 18.3. The van der Waals surface area contributed by atoms with Gasteiger partial charge in [0.15, 0.2) is 14.6 Å². The van der Waals surface area contributed by atoms with Crippen LogP contribution < -0.4 is 9.64 Å². The molecule has 1 saturated carbocycles. The van der Waals surface area contributed by atoms with Crippen molar-refractivity contribution in [1.82, 2.24) is 0 Å². The third kappa shape index (κ3) is 6.37. The van der Waals surface area contributed by atoms with Gasteiger partial charge in [0.05, 0.1) is 25.9 Å². The minimum atomic E-state index is -3.93. The number of hydrogen-bond donors (Lipinski definition) is 1. The van der Waals surface area contributed by atoms with Gasteiger partial charge in [0.1, 0.15) is 11.9 Å². The Morgan fingerprint density at radius 1 is 1.18 bits per heavy atom. The molecule has 2 aliphatic rings. The van der Waals surface area contributed by atoms with Crippen molar-refractivity contribution < 1.29 is 37.3 Å². The van der Waals surface area contributed by atoms with E-state index in [0.717, 1.165) is 42.9 Å². The minimum absolute atomic E-state index is 0.0550. The summed E-state index contributed by atoms with van der Waals surface area (Å²) < 4.78 is 38.7. The second kappa shape index (κ2) is 10.9. The molecule has 0 spiro atoms. The summed E-state index contributed by atoms with van der Waals surface area (Å²) in [5, 5.41) is 9.48. The number of carboxylic acid groups (broad SMARTS) is 1. The van der Waals surface area contributed by atoms with Gasteiger partial charge in [0, 0.05) is 29.8 Å². The summed E-state index contributed by atoms with van der Waals surface area (Å²) in [7, 11) is -2.29. The van der Waals surface area contributed by atoms with E-state index < -0.39 is 32.8 Å². The average molecular weight is 556 g/mol. The zero-order chi connectivity index (χ0) is 28.4. The Hall–Kier alpha value is -3.55. The largest absolute Gasteiger partial charge is 0.497 e. The Balaban J connectivity index is 1.30. The summed E-state index contributed by atoms with van der Waals surface area (Å²) >= 11 is 0. The molecule has 208 valence electrons. The lowest BCUT2D eigenvalue weighted by Crippen LogP contribution is -2.46. The summed E-state index contributed by atoms with van der Waals surface area (Å²) in [6.45, 7) is 3.82. The van der Waals surface area contributed by atoms with E-state index in [1.54, 1.807) is 31.4 Å². The topological polar surface area (TPSA) is 119 Å². The number of benzene rings is 2. The molecule has 2 fully saturated rings. The molecule has 1 saturated heterocycles. The van der Waals surface area contributed by atoms with Crippen LogP contribution in [-0.4, -0.2) is 61.9 Å². The summed E-state index contributed by atoms with van der Waals surface area (Å²) in [5.41, 5.74) is 2.24. The molecule has 1 N–H and O–H groups in total. The summed E-state index contributed by atoms with van der Waals surface area (Å²) in [6, 6.07) is 14.9. The Kier molecular flexibility index (Phi) is 7.96. The Labute approximate surface area is 229 Å². The van der Waals surface area contributed by atoms with Crippen LogP contribution in [0, 0.1) is 17.8 Å². The maximum atomic E-state index is 12.4. The third-order valence-electron chi connectivity index (χ3n) is 7.46. The van der Waals surface area contributed by atoms with Gasteiger partial charge in [0.2, 0.25) is 0 Å². The van der Waals surface area contributed by atoms with Crippen molar-refractivity contribution in [3.05, 3.63) is 59.7 Å². The Morgan fingerprint density at radius 3 is 2.38 bits per heavy atom. The number of carbonyl (C=O) groups is 2. The molecule has 2 atom stereocenters. The van der Waals surface area contributed by atoms with Crippen LogP contribution in [0.5, 0.6) is 5.75 Å². The van der Waals surface area contributed by atoms with E-state index in [-0.39, 0.29) is 24.5 Å². The number of carboxylic acids is 1. The van der Waals surface area contributed by atoms with E-state index in [1.165, 1.54) is 4.90 Å². The molecule has 0 aromatic heterocycles. The van der Waals surface area contributed by atoms with Crippen molar-refractivity contribution in [2.75, 3.05) is 24.8 Å². The zero-order valence-electron chi connectivity index (χ0n) is 22.5. The summed E-state index contributed by atoms with van der Waals surface area (Å²) in [5.74, 6) is 6.05. The SMILES string of the molecule is COc1ccc(COC2(C)CC(C#Cc3ccc(N4C[C@H](C[C@](C)(C(=O)O)S(C)(=O)=O)OC4=O)cc3)C2)cc1. The second-order valence-electron chi connectivity index (χ2n) is 10.6. The molecule has 39 heavy (non-hydrogen) atoms. The summed E-state index contributed by atoms with van der Waals surface area (Å²) in [6.07, 6.45) is 0.707. The van der Waals surface area contributed by atoms with Gasteiger partial charge in [-0.05, 0) is 68.7 Å². The third-order valence-corrected chi connectivity index (χ3v) is 9.44. The smallest absolute Gasteiger partial charge is 0.414 e. The van der Waals surface area contributed by atoms with Crippen molar-refractivity contribution in [2.45, 2.75) is 56.2 Å². The van der Waals surface area contributed by atoms with E-state index in [2.05, 4.69) is 18.8 Å². The van der Waals surface area contributed by atoms with Crippen LogP contribution in [0.3, 0.4) is 0 Å². The average Bonchev–Trinajstić information content (AvgIpc) is 3.24. The molecule has 2 aromatic carbocycles. The monoisotopic (exact) mass is 555 g/mol. The van der Waals surface area contributed by atoms with Crippen LogP contribution in [0.4, 0.5) is 10.5 Å². The number of aliphatic carboxylic acids is 1.